The Morgan fingerprint density at radius 1 is 1.21 bits per heavy atom. The van der Waals surface area contributed by atoms with Crippen molar-refractivity contribution in [2.45, 2.75) is 46.1 Å². The largest absolute Gasteiger partial charge is 0.365 e. The molecule has 0 aliphatic heterocycles. The highest BCUT2D eigenvalue weighted by Gasteiger charge is 2.15. The van der Waals surface area contributed by atoms with E-state index >= 15 is 0 Å². The maximum atomic E-state index is 4.42. The van der Waals surface area contributed by atoms with E-state index in [4.69, 9.17) is 0 Å². The number of hydrogen-bond acceptors (Lipinski definition) is 4. The number of aryl methyl sites for hydroxylation is 3. The Balaban J connectivity index is 1.76. The Bertz CT molecular complexity index is 570. The molecule has 0 saturated carbocycles. The van der Waals surface area contributed by atoms with Gasteiger partial charge in [0.25, 0.3) is 0 Å². The quantitative estimate of drug-likeness (QED) is 0.927. The summed E-state index contributed by atoms with van der Waals surface area (Å²) in [4.78, 5) is 11.6. The molecule has 19 heavy (non-hydrogen) atoms. The van der Waals surface area contributed by atoms with Gasteiger partial charge < -0.3 is 5.32 Å². The lowest BCUT2D eigenvalue weighted by Crippen LogP contribution is -2.11. The third kappa shape index (κ3) is 2.63. The molecule has 0 unspecified atom stereocenters. The van der Waals surface area contributed by atoms with Crippen molar-refractivity contribution in [3.8, 4) is 0 Å². The van der Waals surface area contributed by atoms with Crippen LogP contribution in [0.2, 0.25) is 0 Å². The van der Waals surface area contributed by atoms with Crippen molar-refractivity contribution < 1.29 is 0 Å². The Morgan fingerprint density at radius 2 is 2.05 bits per heavy atom. The lowest BCUT2D eigenvalue weighted by atomic mass is 9.96. The summed E-state index contributed by atoms with van der Waals surface area (Å²) in [5.74, 6) is 1.04. The van der Waals surface area contributed by atoms with Gasteiger partial charge in [0.1, 0.15) is 12.1 Å². The maximum Gasteiger partial charge on any atom is 0.133 e. The molecule has 100 valence electrons. The van der Waals surface area contributed by atoms with E-state index in [-0.39, 0.29) is 0 Å². The van der Waals surface area contributed by atoms with Crippen LogP contribution in [-0.4, -0.2) is 9.97 Å². The monoisotopic (exact) mass is 273 g/mol. The van der Waals surface area contributed by atoms with Crippen molar-refractivity contribution in [2.75, 3.05) is 5.32 Å². The van der Waals surface area contributed by atoms with Crippen molar-refractivity contribution >= 4 is 17.2 Å². The molecule has 0 amide bonds. The fourth-order valence-corrected chi connectivity index (χ4v) is 3.57. The Morgan fingerprint density at radius 3 is 2.84 bits per heavy atom. The topological polar surface area (TPSA) is 37.8 Å². The van der Waals surface area contributed by atoms with Crippen LogP contribution in [0.15, 0.2) is 12.4 Å². The minimum absolute atomic E-state index is 0.864. The van der Waals surface area contributed by atoms with Crippen molar-refractivity contribution in [1.29, 1.82) is 0 Å². The smallest absolute Gasteiger partial charge is 0.133 e. The molecule has 0 spiro atoms. The number of rotatable bonds is 3. The van der Waals surface area contributed by atoms with Crippen LogP contribution in [-0.2, 0) is 19.4 Å². The van der Waals surface area contributed by atoms with E-state index in [1.54, 1.807) is 6.33 Å². The number of hydrogen-bond donors (Lipinski definition) is 1. The molecule has 0 fully saturated rings. The molecule has 0 saturated heterocycles. The zero-order valence-corrected chi connectivity index (χ0v) is 12.3. The van der Waals surface area contributed by atoms with E-state index in [1.807, 2.05) is 11.3 Å². The molecular formula is C15H19N3S. The van der Waals surface area contributed by atoms with E-state index in [1.165, 1.54) is 39.4 Å². The van der Waals surface area contributed by atoms with Crippen molar-refractivity contribution in [1.82, 2.24) is 9.97 Å². The van der Waals surface area contributed by atoms with E-state index in [9.17, 15) is 0 Å². The second-order valence-electron chi connectivity index (χ2n) is 5.16. The van der Waals surface area contributed by atoms with Crippen LogP contribution in [0.3, 0.4) is 0 Å². The lowest BCUT2D eigenvalue weighted by Gasteiger charge is -2.17. The van der Waals surface area contributed by atoms with Gasteiger partial charge in [0.05, 0.1) is 6.54 Å². The van der Waals surface area contributed by atoms with E-state index in [0.29, 0.717) is 0 Å². The Labute approximate surface area is 118 Å². The minimum atomic E-state index is 0.864. The molecule has 2 aromatic rings. The summed E-state index contributed by atoms with van der Waals surface area (Å²) in [5, 5.41) is 3.49. The fraction of sp³-hybridized carbons (Fsp3) is 0.467. The van der Waals surface area contributed by atoms with Gasteiger partial charge >= 0.3 is 0 Å². The molecule has 0 aromatic carbocycles. The molecule has 0 bridgehead atoms. The molecule has 3 nitrogen and oxygen atoms in total. The normalized spacial score (nSPS) is 14.2. The van der Waals surface area contributed by atoms with Gasteiger partial charge in [-0.15, -0.1) is 11.3 Å². The SMILES string of the molecule is Cc1cc(CNc2ncnc3c2CCCC3)sc1C. The Kier molecular flexibility index (Phi) is 3.51. The molecule has 4 heteroatoms. The second kappa shape index (κ2) is 5.29. The third-order valence-corrected chi connectivity index (χ3v) is 4.92. The summed E-state index contributed by atoms with van der Waals surface area (Å²) in [5.41, 5.74) is 3.95. The standard InChI is InChI=1S/C15H19N3S/c1-10-7-12(19-11(10)2)8-16-15-13-5-3-4-6-14(13)17-9-18-15/h7,9H,3-6,8H2,1-2H3,(H,16,17,18). The Hall–Kier alpha value is -1.42. The van der Waals surface area contributed by atoms with Gasteiger partial charge in [0.15, 0.2) is 0 Å². The molecule has 1 aliphatic rings. The lowest BCUT2D eigenvalue weighted by molar-refractivity contribution is 0.663. The molecule has 1 N–H and O–H groups in total. The van der Waals surface area contributed by atoms with E-state index < -0.39 is 0 Å². The predicted molar refractivity (Wildman–Crippen MR) is 79.8 cm³/mol. The van der Waals surface area contributed by atoms with Crippen LogP contribution in [0.25, 0.3) is 0 Å². The van der Waals surface area contributed by atoms with Gasteiger partial charge in [-0.25, -0.2) is 9.97 Å². The van der Waals surface area contributed by atoms with Gasteiger partial charge in [-0.3, -0.25) is 0 Å². The number of fused-ring (bicyclic) bond motifs is 1. The first kappa shape index (κ1) is 12.6. The van der Waals surface area contributed by atoms with Crippen LogP contribution in [0.4, 0.5) is 5.82 Å². The number of nitrogens with one attached hydrogen (secondary N) is 1. The fourth-order valence-electron chi connectivity index (χ4n) is 2.58. The first-order chi connectivity index (χ1) is 9.24. The van der Waals surface area contributed by atoms with Gasteiger partial charge in [0.2, 0.25) is 0 Å². The summed E-state index contributed by atoms with van der Waals surface area (Å²) in [6, 6.07) is 2.26. The third-order valence-electron chi connectivity index (χ3n) is 3.77. The van der Waals surface area contributed by atoms with Crippen LogP contribution >= 0.6 is 11.3 Å². The summed E-state index contributed by atoms with van der Waals surface area (Å²) < 4.78 is 0. The first-order valence-electron chi connectivity index (χ1n) is 6.86. The van der Waals surface area contributed by atoms with Gasteiger partial charge in [-0.1, -0.05) is 0 Å². The highest BCUT2D eigenvalue weighted by molar-refractivity contribution is 7.12. The molecule has 1 aliphatic carbocycles. The first-order valence-corrected chi connectivity index (χ1v) is 7.68. The van der Waals surface area contributed by atoms with Gasteiger partial charge in [0, 0.05) is 21.0 Å². The molecule has 2 heterocycles. The average Bonchev–Trinajstić information content (AvgIpc) is 2.75. The van der Waals surface area contributed by atoms with Crippen LogP contribution in [0, 0.1) is 13.8 Å². The van der Waals surface area contributed by atoms with E-state index in [2.05, 4.69) is 35.2 Å². The maximum absolute atomic E-state index is 4.42. The summed E-state index contributed by atoms with van der Waals surface area (Å²) in [7, 11) is 0. The number of aromatic nitrogens is 2. The predicted octanol–water partition coefficient (Wildman–Crippen LogP) is 3.65. The highest BCUT2D eigenvalue weighted by Crippen LogP contribution is 2.26. The zero-order chi connectivity index (χ0) is 13.2. The molecule has 2 aromatic heterocycles. The number of thiophene rings is 1. The van der Waals surface area contributed by atoms with Crippen molar-refractivity contribution in [3.63, 3.8) is 0 Å². The number of anilines is 1. The van der Waals surface area contributed by atoms with Gasteiger partial charge in [-0.2, -0.15) is 0 Å². The summed E-state index contributed by atoms with van der Waals surface area (Å²) >= 11 is 1.87. The zero-order valence-electron chi connectivity index (χ0n) is 11.5. The molecular weight excluding hydrogens is 254 g/mol. The van der Waals surface area contributed by atoms with Crippen LogP contribution in [0.5, 0.6) is 0 Å². The van der Waals surface area contributed by atoms with Gasteiger partial charge in [-0.05, 0) is 51.2 Å². The summed E-state index contributed by atoms with van der Waals surface area (Å²) in [6.45, 7) is 5.21. The van der Waals surface area contributed by atoms with E-state index in [0.717, 1.165) is 25.2 Å². The van der Waals surface area contributed by atoms with Crippen molar-refractivity contribution in [3.05, 3.63) is 39.0 Å². The molecule has 3 rings (SSSR count). The average molecular weight is 273 g/mol. The second-order valence-corrected chi connectivity index (χ2v) is 6.50. The molecule has 0 radical (unpaired) electrons. The van der Waals surface area contributed by atoms with Crippen LogP contribution in [0.1, 0.15) is 39.4 Å². The summed E-state index contributed by atoms with van der Waals surface area (Å²) in [6.07, 6.45) is 6.42. The minimum Gasteiger partial charge on any atom is -0.365 e. The molecule has 0 atom stereocenters. The highest BCUT2D eigenvalue weighted by atomic mass is 32.1. The number of nitrogens with zero attached hydrogens (tertiary/aromatic N) is 2. The van der Waals surface area contributed by atoms with Crippen LogP contribution < -0.4 is 5.32 Å². The van der Waals surface area contributed by atoms with Crippen molar-refractivity contribution in [2.24, 2.45) is 0 Å².